The predicted octanol–water partition coefficient (Wildman–Crippen LogP) is 2.16. The lowest BCUT2D eigenvalue weighted by molar-refractivity contribution is -0.117. The van der Waals surface area contributed by atoms with Crippen molar-refractivity contribution in [3.05, 3.63) is 5.01 Å². The van der Waals surface area contributed by atoms with Crippen LogP contribution in [0.2, 0.25) is 0 Å². The molecular weight excluding hydrogens is 320 g/mol. The molecule has 1 unspecified atom stereocenters. The zero-order valence-electron chi connectivity index (χ0n) is 12.8. The van der Waals surface area contributed by atoms with Crippen molar-refractivity contribution in [2.45, 2.75) is 37.8 Å². The maximum absolute atomic E-state index is 12.1. The first-order chi connectivity index (χ1) is 10.7. The minimum atomic E-state index is -0.0178. The van der Waals surface area contributed by atoms with Gasteiger partial charge in [0, 0.05) is 12.6 Å². The fourth-order valence-electron chi connectivity index (χ4n) is 2.83. The van der Waals surface area contributed by atoms with E-state index < -0.39 is 0 Å². The number of likely N-dealkylation sites (N-methyl/N-ethyl adjacent to an activating group) is 1. The number of rotatable bonds is 5. The zero-order chi connectivity index (χ0) is 15.4. The molecule has 2 fully saturated rings. The Morgan fingerprint density at radius 1 is 1.36 bits per heavy atom. The summed E-state index contributed by atoms with van der Waals surface area (Å²) in [6.07, 6.45) is 4.44. The second-order valence-corrected chi connectivity index (χ2v) is 7.99. The fraction of sp³-hybridized carbons (Fsp3) is 0.786. The van der Waals surface area contributed by atoms with Gasteiger partial charge in [0.1, 0.15) is 11.1 Å². The molecule has 1 aromatic heterocycles. The van der Waals surface area contributed by atoms with Gasteiger partial charge in [0.25, 0.3) is 0 Å². The summed E-state index contributed by atoms with van der Waals surface area (Å²) in [5.41, 5.74) is 0. The van der Waals surface area contributed by atoms with Gasteiger partial charge >= 0.3 is 0 Å². The van der Waals surface area contributed by atoms with Crippen LogP contribution in [0.25, 0.3) is 0 Å². The summed E-state index contributed by atoms with van der Waals surface area (Å²) >= 11 is 3.42. The van der Waals surface area contributed by atoms with Crippen molar-refractivity contribution in [2.75, 3.05) is 37.0 Å². The van der Waals surface area contributed by atoms with Crippen LogP contribution in [0.5, 0.6) is 0 Å². The van der Waals surface area contributed by atoms with Crippen molar-refractivity contribution >= 4 is 34.1 Å². The molecular formula is C14H22N4O2S2. The van der Waals surface area contributed by atoms with E-state index >= 15 is 0 Å². The lowest BCUT2D eigenvalue weighted by Gasteiger charge is -2.30. The lowest BCUT2D eigenvalue weighted by atomic mass is 10.1. The first-order valence-electron chi connectivity index (χ1n) is 7.75. The quantitative estimate of drug-likeness (QED) is 0.884. The van der Waals surface area contributed by atoms with E-state index in [9.17, 15) is 4.79 Å². The third-order valence-electron chi connectivity index (χ3n) is 4.10. The summed E-state index contributed by atoms with van der Waals surface area (Å²) in [5.74, 6) is 2.37. The zero-order valence-corrected chi connectivity index (χ0v) is 14.4. The van der Waals surface area contributed by atoms with Crippen molar-refractivity contribution < 1.29 is 9.53 Å². The van der Waals surface area contributed by atoms with Crippen LogP contribution < -0.4 is 5.32 Å². The Hall–Kier alpha value is -0.700. The number of nitrogens with zero attached hydrogens (tertiary/aromatic N) is 3. The number of carbonyl (C=O) groups is 1. The SMILES string of the molecule is CN(CC(=O)Nc1nnc(C2CCCO2)s1)C1CCSCC1. The highest BCUT2D eigenvalue weighted by Gasteiger charge is 2.23. The van der Waals surface area contributed by atoms with Gasteiger partial charge in [0.2, 0.25) is 11.0 Å². The smallest absolute Gasteiger partial charge is 0.240 e. The molecule has 2 aliphatic rings. The van der Waals surface area contributed by atoms with E-state index in [1.807, 2.05) is 18.8 Å². The summed E-state index contributed by atoms with van der Waals surface area (Å²) in [6.45, 7) is 1.20. The van der Waals surface area contributed by atoms with Gasteiger partial charge < -0.3 is 4.74 Å². The molecule has 6 nitrogen and oxygen atoms in total. The van der Waals surface area contributed by atoms with E-state index in [2.05, 4.69) is 20.4 Å². The third kappa shape index (κ3) is 4.18. The van der Waals surface area contributed by atoms with E-state index in [1.54, 1.807) is 0 Å². The molecule has 22 heavy (non-hydrogen) atoms. The lowest BCUT2D eigenvalue weighted by Crippen LogP contribution is -2.39. The van der Waals surface area contributed by atoms with E-state index in [0.29, 0.717) is 17.7 Å². The van der Waals surface area contributed by atoms with Crippen LogP contribution in [0.15, 0.2) is 0 Å². The van der Waals surface area contributed by atoms with Crippen molar-refractivity contribution in [3.63, 3.8) is 0 Å². The van der Waals surface area contributed by atoms with Crippen LogP contribution in [0.3, 0.4) is 0 Å². The highest BCUT2D eigenvalue weighted by molar-refractivity contribution is 7.99. The number of hydrogen-bond acceptors (Lipinski definition) is 7. The van der Waals surface area contributed by atoms with Gasteiger partial charge in [0.05, 0.1) is 6.54 Å². The Morgan fingerprint density at radius 2 is 2.18 bits per heavy atom. The molecule has 2 saturated heterocycles. The van der Waals surface area contributed by atoms with Gasteiger partial charge in [-0.25, -0.2) is 0 Å². The van der Waals surface area contributed by atoms with Crippen LogP contribution in [-0.4, -0.2) is 58.8 Å². The molecule has 122 valence electrons. The van der Waals surface area contributed by atoms with Gasteiger partial charge in [-0.1, -0.05) is 11.3 Å². The van der Waals surface area contributed by atoms with Gasteiger partial charge in [-0.15, -0.1) is 10.2 Å². The van der Waals surface area contributed by atoms with Crippen LogP contribution in [0.4, 0.5) is 5.13 Å². The summed E-state index contributed by atoms with van der Waals surface area (Å²) in [5, 5.41) is 12.5. The minimum Gasteiger partial charge on any atom is -0.371 e. The number of aromatic nitrogens is 2. The van der Waals surface area contributed by atoms with Gasteiger partial charge in [-0.05, 0) is 44.2 Å². The average molecular weight is 342 g/mol. The highest BCUT2D eigenvalue weighted by Crippen LogP contribution is 2.31. The molecule has 8 heteroatoms. The van der Waals surface area contributed by atoms with Gasteiger partial charge in [0.15, 0.2) is 0 Å². The highest BCUT2D eigenvalue weighted by atomic mass is 32.2. The summed E-state index contributed by atoms with van der Waals surface area (Å²) < 4.78 is 5.59. The maximum Gasteiger partial charge on any atom is 0.240 e. The summed E-state index contributed by atoms with van der Waals surface area (Å²) in [7, 11) is 2.03. The molecule has 3 heterocycles. The molecule has 0 aromatic carbocycles. The molecule has 0 aliphatic carbocycles. The molecule has 2 aliphatic heterocycles. The first kappa shape index (κ1) is 16.2. The number of ether oxygens (including phenoxy) is 1. The Balaban J connectivity index is 1.48. The van der Waals surface area contributed by atoms with E-state index in [4.69, 9.17) is 4.74 Å². The number of amides is 1. The van der Waals surface area contributed by atoms with Crippen molar-refractivity contribution in [1.29, 1.82) is 0 Å². The van der Waals surface area contributed by atoms with Crippen LogP contribution in [0.1, 0.15) is 36.8 Å². The molecule has 1 amide bonds. The standard InChI is InChI=1S/C14H22N4O2S2/c1-18(10-4-7-21-8-5-10)9-12(19)15-14-17-16-13(22-14)11-3-2-6-20-11/h10-11H,2-9H2,1H3,(H,15,17,19). The Bertz CT molecular complexity index is 499. The molecule has 1 atom stereocenters. The molecule has 0 bridgehead atoms. The minimum absolute atomic E-state index is 0.0178. The molecule has 3 rings (SSSR count). The monoisotopic (exact) mass is 342 g/mol. The second kappa shape index (κ2) is 7.72. The average Bonchev–Trinajstić information content (AvgIpc) is 3.19. The summed E-state index contributed by atoms with van der Waals surface area (Å²) in [4.78, 5) is 14.3. The number of carbonyl (C=O) groups excluding carboxylic acids is 1. The third-order valence-corrected chi connectivity index (χ3v) is 6.08. The van der Waals surface area contributed by atoms with Crippen LogP contribution in [0, 0.1) is 0 Å². The Morgan fingerprint density at radius 3 is 2.91 bits per heavy atom. The fourth-order valence-corrected chi connectivity index (χ4v) is 4.75. The number of thioether (sulfide) groups is 1. The second-order valence-electron chi connectivity index (χ2n) is 5.75. The largest absolute Gasteiger partial charge is 0.371 e. The van der Waals surface area contributed by atoms with Crippen molar-refractivity contribution in [3.8, 4) is 0 Å². The van der Waals surface area contributed by atoms with E-state index in [0.717, 1.165) is 37.3 Å². The van der Waals surface area contributed by atoms with Crippen molar-refractivity contribution in [2.24, 2.45) is 0 Å². The number of nitrogens with one attached hydrogen (secondary N) is 1. The first-order valence-corrected chi connectivity index (χ1v) is 9.72. The maximum atomic E-state index is 12.1. The normalized spacial score (nSPS) is 23.1. The predicted molar refractivity (Wildman–Crippen MR) is 89.4 cm³/mol. The van der Waals surface area contributed by atoms with E-state index in [1.165, 1.54) is 22.8 Å². The number of hydrogen-bond donors (Lipinski definition) is 1. The molecule has 0 spiro atoms. The van der Waals surface area contributed by atoms with E-state index in [-0.39, 0.29) is 12.0 Å². The van der Waals surface area contributed by atoms with Crippen molar-refractivity contribution in [1.82, 2.24) is 15.1 Å². The van der Waals surface area contributed by atoms with Gasteiger partial charge in [-0.3, -0.25) is 15.0 Å². The van der Waals surface area contributed by atoms with Crippen LogP contribution in [-0.2, 0) is 9.53 Å². The molecule has 0 radical (unpaired) electrons. The molecule has 0 saturated carbocycles. The summed E-state index contributed by atoms with van der Waals surface area (Å²) in [6, 6.07) is 0.517. The number of anilines is 1. The molecule has 1 N–H and O–H groups in total. The van der Waals surface area contributed by atoms with Crippen LogP contribution >= 0.6 is 23.1 Å². The van der Waals surface area contributed by atoms with Gasteiger partial charge in [-0.2, -0.15) is 11.8 Å². The Labute approximate surface area is 139 Å². The Kier molecular flexibility index (Phi) is 5.67. The molecule has 1 aromatic rings. The topological polar surface area (TPSA) is 67.4 Å².